The van der Waals surface area contributed by atoms with Crippen LogP contribution in [0, 0.1) is 5.92 Å². The molecule has 3 nitrogen and oxygen atoms in total. The van der Waals surface area contributed by atoms with Gasteiger partial charge in [0.15, 0.2) is 11.5 Å². The first kappa shape index (κ1) is 17.3. The SMILES string of the molecule is CCOc1cc(CNC)cc(Br)c1OCCCC(C)C. The van der Waals surface area contributed by atoms with E-state index in [2.05, 4.69) is 41.2 Å². The van der Waals surface area contributed by atoms with E-state index in [0.717, 1.165) is 35.5 Å². The maximum atomic E-state index is 5.91. The van der Waals surface area contributed by atoms with Crippen molar-refractivity contribution in [2.24, 2.45) is 5.92 Å². The zero-order valence-electron chi connectivity index (χ0n) is 13.0. The zero-order valence-corrected chi connectivity index (χ0v) is 14.5. The Hall–Kier alpha value is -0.740. The second-order valence-electron chi connectivity index (χ2n) is 5.25. The Balaban J connectivity index is 2.76. The number of rotatable bonds is 9. The van der Waals surface area contributed by atoms with Crippen LogP contribution in [-0.4, -0.2) is 20.3 Å². The number of hydrogen-bond donors (Lipinski definition) is 1. The summed E-state index contributed by atoms with van der Waals surface area (Å²) >= 11 is 3.59. The third-order valence-corrected chi connectivity index (χ3v) is 3.51. The van der Waals surface area contributed by atoms with Crippen molar-refractivity contribution in [2.75, 3.05) is 20.3 Å². The van der Waals surface area contributed by atoms with E-state index in [1.807, 2.05) is 20.0 Å². The largest absolute Gasteiger partial charge is 0.490 e. The Bertz CT molecular complexity index is 408. The highest BCUT2D eigenvalue weighted by Crippen LogP contribution is 2.37. The molecule has 0 aliphatic heterocycles. The van der Waals surface area contributed by atoms with Crippen molar-refractivity contribution in [3.63, 3.8) is 0 Å². The van der Waals surface area contributed by atoms with E-state index >= 15 is 0 Å². The third-order valence-electron chi connectivity index (χ3n) is 2.92. The fourth-order valence-corrected chi connectivity index (χ4v) is 2.60. The first-order chi connectivity index (χ1) is 9.58. The lowest BCUT2D eigenvalue weighted by Crippen LogP contribution is -2.07. The molecule has 0 heterocycles. The van der Waals surface area contributed by atoms with Gasteiger partial charge in [-0.25, -0.2) is 0 Å². The summed E-state index contributed by atoms with van der Waals surface area (Å²) in [5.74, 6) is 2.35. The van der Waals surface area contributed by atoms with Gasteiger partial charge in [0.05, 0.1) is 17.7 Å². The molecule has 0 aromatic heterocycles. The van der Waals surface area contributed by atoms with Crippen molar-refractivity contribution in [1.29, 1.82) is 0 Å². The molecular weight excluding hydrogens is 318 g/mol. The molecule has 0 aliphatic carbocycles. The summed E-state index contributed by atoms with van der Waals surface area (Å²) in [6, 6.07) is 4.12. The molecule has 0 atom stereocenters. The molecule has 0 bridgehead atoms. The molecule has 1 rings (SSSR count). The molecule has 0 saturated heterocycles. The van der Waals surface area contributed by atoms with Crippen LogP contribution in [0.15, 0.2) is 16.6 Å². The molecule has 20 heavy (non-hydrogen) atoms. The lowest BCUT2D eigenvalue weighted by Gasteiger charge is -2.15. The van der Waals surface area contributed by atoms with Crippen molar-refractivity contribution >= 4 is 15.9 Å². The number of ether oxygens (including phenoxy) is 2. The Morgan fingerprint density at radius 1 is 1.25 bits per heavy atom. The van der Waals surface area contributed by atoms with E-state index in [9.17, 15) is 0 Å². The highest BCUT2D eigenvalue weighted by atomic mass is 79.9. The van der Waals surface area contributed by atoms with Crippen molar-refractivity contribution < 1.29 is 9.47 Å². The van der Waals surface area contributed by atoms with E-state index in [-0.39, 0.29) is 0 Å². The van der Waals surface area contributed by atoms with Crippen LogP contribution in [0.1, 0.15) is 39.2 Å². The molecule has 1 N–H and O–H groups in total. The lowest BCUT2D eigenvalue weighted by atomic mass is 10.1. The Kier molecular flexibility index (Phi) is 8.00. The summed E-state index contributed by atoms with van der Waals surface area (Å²) in [7, 11) is 1.94. The normalized spacial score (nSPS) is 10.9. The highest BCUT2D eigenvalue weighted by molar-refractivity contribution is 9.10. The maximum Gasteiger partial charge on any atom is 0.175 e. The summed E-state index contributed by atoms with van der Waals surface area (Å²) in [4.78, 5) is 0. The molecule has 0 fully saturated rings. The van der Waals surface area contributed by atoms with Crippen LogP contribution >= 0.6 is 15.9 Å². The van der Waals surface area contributed by atoms with Crippen molar-refractivity contribution in [3.05, 3.63) is 22.2 Å². The van der Waals surface area contributed by atoms with Gasteiger partial charge in [-0.15, -0.1) is 0 Å². The summed E-state index contributed by atoms with van der Waals surface area (Å²) in [5, 5.41) is 3.15. The number of nitrogens with one attached hydrogen (secondary N) is 1. The molecule has 114 valence electrons. The Morgan fingerprint density at radius 2 is 2.00 bits per heavy atom. The summed E-state index contributed by atoms with van der Waals surface area (Å²) in [5.41, 5.74) is 1.18. The Morgan fingerprint density at radius 3 is 2.60 bits per heavy atom. The van der Waals surface area contributed by atoms with Gasteiger partial charge < -0.3 is 14.8 Å². The van der Waals surface area contributed by atoms with Crippen molar-refractivity contribution in [1.82, 2.24) is 5.32 Å². The quantitative estimate of drug-likeness (QED) is 0.674. The molecule has 0 unspecified atom stereocenters. The van der Waals surface area contributed by atoms with Crippen LogP contribution in [0.2, 0.25) is 0 Å². The molecule has 0 amide bonds. The van der Waals surface area contributed by atoms with Gasteiger partial charge >= 0.3 is 0 Å². The van der Waals surface area contributed by atoms with Crippen LogP contribution in [0.4, 0.5) is 0 Å². The van der Waals surface area contributed by atoms with Crippen LogP contribution in [-0.2, 0) is 6.54 Å². The van der Waals surface area contributed by atoms with Gasteiger partial charge in [0.25, 0.3) is 0 Å². The van der Waals surface area contributed by atoms with Gasteiger partial charge in [-0.2, -0.15) is 0 Å². The standard InChI is InChI=1S/C16H26BrNO2/c1-5-19-15-10-13(11-18-4)9-14(17)16(15)20-8-6-7-12(2)3/h9-10,12,18H,5-8,11H2,1-4H3. The molecule has 0 spiro atoms. The molecule has 1 aromatic carbocycles. The average Bonchev–Trinajstić information content (AvgIpc) is 2.37. The van der Waals surface area contributed by atoms with E-state index in [1.165, 1.54) is 12.0 Å². The monoisotopic (exact) mass is 343 g/mol. The van der Waals surface area contributed by atoms with Crippen molar-refractivity contribution in [3.8, 4) is 11.5 Å². The summed E-state index contributed by atoms with van der Waals surface area (Å²) in [6.45, 7) is 8.62. The highest BCUT2D eigenvalue weighted by Gasteiger charge is 2.12. The number of hydrogen-bond acceptors (Lipinski definition) is 3. The van der Waals surface area contributed by atoms with Gasteiger partial charge in [0.1, 0.15) is 0 Å². The first-order valence-electron chi connectivity index (χ1n) is 7.31. The smallest absolute Gasteiger partial charge is 0.175 e. The van der Waals surface area contributed by atoms with Crippen LogP contribution in [0.25, 0.3) is 0 Å². The Labute approximate surface area is 131 Å². The molecule has 4 heteroatoms. The minimum absolute atomic E-state index is 0.637. The predicted octanol–water partition coefficient (Wildman–Crippen LogP) is 4.38. The maximum absolute atomic E-state index is 5.91. The third kappa shape index (κ3) is 5.71. The molecule has 0 saturated carbocycles. The number of halogens is 1. The first-order valence-corrected chi connectivity index (χ1v) is 8.10. The summed E-state index contributed by atoms with van der Waals surface area (Å²) in [6.07, 6.45) is 2.24. The average molecular weight is 344 g/mol. The fourth-order valence-electron chi connectivity index (χ4n) is 2.00. The van der Waals surface area contributed by atoms with Gasteiger partial charge in [-0.1, -0.05) is 13.8 Å². The van der Waals surface area contributed by atoms with E-state index in [4.69, 9.17) is 9.47 Å². The second kappa shape index (κ2) is 9.24. The minimum Gasteiger partial charge on any atom is -0.490 e. The zero-order chi connectivity index (χ0) is 15.0. The second-order valence-corrected chi connectivity index (χ2v) is 6.11. The fraction of sp³-hybridized carbons (Fsp3) is 0.625. The van der Waals surface area contributed by atoms with Gasteiger partial charge in [0.2, 0.25) is 0 Å². The van der Waals surface area contributed by atoms with E-state index in [0.29, 0.717) is 12.5 Å². The van der Waals surface area contributed by atoms with Crippen molar-refractivity contribution in [2.45, 2.75) is 40.2 Å². The predicted molar refractivity (Wildman–Crippen MR) is 87.6 cm³/mol. The van der Waals surface area contributed by atoms with Gasteiger partial charge in [-0.05, 0) is 66.4 Å². The van der Waals surface area contributed by atoms with E-state index in [1.54, 1.807) is 0 Å². The van der Waals surface area contributed by atoms with Crippen LogP contribution in [0.5, 0.6) is 11.5 Å². The van der Waals surface area contributed by atoms with Crippen LogP contribution in [0.3, 0.4) is 0 Å². The van der Waals surface area contributed by atoms with E-state index < -0.39 is 0 Å². The van der Waals surface area contributed by atoms with Gasteiger partial charge in [0, 0.05) is 6.54 Å². The summed E-state index contributed by atoms with van der Waals surface area (Å²) < 4.78 is 12.6. The van der Waals surface area contributed by atoms with Crippen LogP contribution < -0.4 is 14.8 Å². The topological polar surface area (TPSA) is 30.5 Å². The molecule has 0 radical (unpaired) electrons. The molecular formula is C16H26BrNO2. The minimum atomic E-state index is 0.637. The lowest BCUT2D eigenvalue weighted by molar-refractivity contribution is 0.265. The molecule has 0 aliphatic rings. The van der Waals surface area contributed by atoms with Gasteiger partial charge in [-0.3, -0.25) is 0 Å². The molecule has 1 aromatic rings. The number of benzene rings is 1.